The summed E-state index contributed by atoms with van der Waals surface area (Å²) < 4.78 is 0. The monoisotopic (exact) mass is 276 g/mol. The number of aliphatic carboxylic acids is 1. The maximum Gasteiger partial charge on any atom is 0.330 e. The second kappa shape index (κ2) is 6.60. The zero-order valence-corrected chi connectivity index (χ0v) is 12.7. The number of aryl methyl sites for hydroxylation is 1. The fourth-order valence-corrected chi connectivity index (χ4v) is 2.17. The Morgan fingerprint density at radius 3 is 1.95 bits per heavy atom. The lowest BCUT2D eigenvalue weighted by molar-refractivity contribution is -0.132. The minimum absolute atomic E-state index is 0.218. The zero-order valence-electron chi connectivity index (χ0n) is 12.7. The third-order valence-corrected chi connectivity index (χ3v) is 3.49. The van der Waals surface area contributed by atoms with Gasteiger partial charge >= 0.3 is 5.97 Å². The molecule has 0 saturated heterocycles. The van der Waals surface area contributed by atoms with Crippen LogP contribution in [0, 0.1) is 0 Å². The van der Waals surface area contributed by atoms with Crippen molar-refractivity contribution in [2.45, 2.75) is 52.4 Å². The summed E-state index contributed by atoms with van der Waals surface area (Å²) in [4.78, 5) is 10.8. The Hall–Kier alpha value is -1.77. The van der Waals surface area contributed by atoms with Crippen LogP contribution in [0.15, 0.2) is 24.3 Å². The van der Waals surface area contributed by atoms with Gasteiger partial charge in [-0.25, -0.2) is 4.79 Å². The lowest BCUT2D eigenvalue weighted by Crippen LogP contribution is -2.02. The Morgan fingerprint density at radius 2 is 1.60 bits per heavy atom. The van der Waals surface area contributed by atoms with Crippen LogP contribution < -0.4 is 0 Å². The molecule has 0 radical (unpaired) electrons. The van der Waals surface area contributed by atoms with Crippen molar-refractivity contribution in [3.05, 3.63) is 41.0 Å². The smallest absolute Gasteiger partial charge is 0.330 e. The fraction of sp³-hybridized carbons (Fsp3) is 0.471. The minimum atomic E-state index is -0.947. The highest BCUT2D eigenvalue weighted by Crippen LogP contribution is 2.35. The normalized spacial score (nSPS) is 11.1. The largest absolute Gasteiger partial charge is 0.507 e. The molecule has 3 nitrogen and oxygen atoms in total. The summed E-state index contributed by atoms with van der Waals surface area (Å²) in [6.07, 6.45) is 1.06. The van der Waals surface area contributed by atoms with Gasteiger partial charge in [0.05, 0.1) is 0 Å². The van der Waals surface area contributed by atoms with Gasteiger partial charge < -0.3 is 10.2 Å². The number of phenolic OH excluding ortho intramolecular Hbond substituents is 1. The van der Waals surface area contributed by atoms with Crippen LogP contribution in [0.25, 0.3) is 0 Å². The van der Waals surface area contributed by atoms with Gasteiger partial charge in [0, 0.05) is 5.57 Å². The Morgan fingerprint density at radius 1 is 1.15 bits per heavy atom. The molecule has 0 aromatic heterocycles. The molecule has 0 unspecified atom stereocenters. The molecule has 0 aliphatic rings. The lowest BCUT2D eigenvalue weighted by Gasteiger charge is -2.17. The van der Waals surface area contributed by atoms with Crippen LogP contribution in [0.1, 0.15) is 62.6 Å². The van der Waals surface area contributed by atoms with Crippen LogP contribution >= 0.6 is 0 Å². The average Bonchev–Trinajstić information content (AvgIpc) is 2.35. The van der Waals surface area contributed by atoms with Gasteiger partial charge in [-0.05, 0) is 41.4 Å². The van der Waals surface area contributed by atoms with E-state index in [-0.39, 0.29) is 17.4 Å². The molecule has 110 valence electrons. The summed E-state index contributed by atoms with van der Waals surface area (Å²) in [5.74, 6) is -0.113. The molecule has 1 aromatic rings. The van der Waals surface area contributed by atoms with Crippen molar-refractivity contribution in [3.8, 4) is 5.75 Å². The highest BCUT2D eigenvalue weighted by Gasteiger charge is 2.15. The van der Waals surface area contributed by atoms with E-state index in [0.717, 1.165) is 16.7 Å². The molecule has 2 N–H and O–H groups in total. The van der Waals surface area contributed by atoms with Crippen molar-refractivity contribution >= 4 is 5.97 Å². The number of aromatic hydroxyl groups is 1. The molecule has 0 heterocycles. The molecule has 1 aromatic carbocycles. The molecule has 0 fully saturated rings. The predicted octanol–water partition coefficient (Wildman–Crippen LogP) is 4.21. The van der Waals surface area contributed by atoms with Gasteiger partial charge in [0.1, 0.15) is 5.75 Å². The molecule has 3 heteroatoms. The molecule has 0 atom stereocenters. The minimum Gasteiger partial charge on any atom is -0.507 e. The number of hydrogen-bond acceptors (Lipinski definition) is 2. The number of phenols is 1. The van der Waals surface area contributed by atoms with Crippen molar-refractivity contribution in [3.63, 3.8) is 0 Å². The van der Waals surface area contributed by atoms with Crippen LogP contribution in [0.2, 0.25) is 0 Å². The van der Waals surface area contributed by atoms with E-state index in [1.807, 2.05) is 39.8 Å². The first-order chi connectivity index (χ1) is 9.23. The van der Waals surface area contributed by atoms with Crippen molar-refractivity contribution in [2.75, 3.05) is 0 Å². The van der Waals surface area contributed by atoms with E-state index in [1.165, 1.54) is 0 Å². The molecule has 0 spiro atoms. The van der Waals surface area contributed by atoms with E-state index in [0.29, 0.717) is 18.6 Å². The summed E-state index contributed by atoms with van der Waals surface area (Å²) in [5, 5.41) is 19.2. The lowest BCUT2D eigenvalue weighted by atomic mass is 9.90. The third-order valence-electron chi connectivity index (χ3n) is 3.49. The number of carbonyl (C=O) groups is 1. The first-order valence-electron chi connectivity index (χ1n) is 7.00. The Balaban J connectivity index is 3.08. The topological polar surface area (TPSA) is 57.5 Å². The molecule has 0 bridgehead atoms. The van der Waals surface area contributed by atoms with E-state index in [2.05, 4.69) is 6.58 Å². The highest BCUT2D eigenvalue weighted by atomic mass is 16.4. The molecular formula is C17H24O3. The van der Waals surface area contributed by atoms with Crippen LogP contribution in [0.4, 0.5) is 0 Å². The van der Waals surface area contributed by atoms with Crippen molar-refractivity contribution in [1.29, 1.82) is 0 Å². The van der Waals surface area contributed by atoms with Crippen LogP contribution in [0.5, 0.6) is 5.75 Å². The number of carboxylic acid groups (broad SMARTS) is 1. The van der Waals surface area contributed by atoms with E-state index < -0.39 is 5.97 Å². The molecule has 0 amide bonds. The van der Waals surface area contributed by atoms with Gasteiger partial charge in [0.25, 0.3) is 0 Å². The quantitative estimate of drug-likeness (QED) is 0.765. The van der Waals surface area contributed by atoms with Crippen molar-refractivity contribution in [2.24, 2.45) is 0 Å². The Kier molecular flexibility index (Phi) is 5.37. The molecule has 0 aliphatic heterocycles. The van der Waals surface area contributed by atoms with Crippen molar-refractivity contribution < 1.29 is 15.0 Å². The maximum atomic E-state index is 10.8. The summed E-state index contributed by atoms with van der Waals surface area (Å²) in [6, 6.07) is 3.95. The first-order valence-corrected chi connectivity index (χ1v) is 7.00. The molecular weight excluding hydrogens is 252 g/mol. The van der Waals surface area contributed by atoms with Crippen LogP contribution in [-0.2, 0) is 11.2 Å². The zero-order chi connectivity index (χ0) is 15.4. The molecule has 0 aliphatic carbocycles. The molecule has 0 saturated carbocycles. The number of benzene rings is 1. The van der Waals surface area contributed by atoms with Gasteiger partial charge in [-0.3, -0.25) is 0 Å². The highest BCUT2D eigenvalue weighted by molar-refractivity contribution is 5.85. The molecule has 1 rings (SSSR count). The summed E-state index contributed by atoms with van der Waals surface area (Å²) >= 11 is 0. The summed E-state index contributed by atoms with van der Waals surface area (Å²) in [7, 11) is 0. The number of rotatable bonds is 6. The fourth-order valence-electron chi connectivity index (χ4n) is 2.17. The summed E-state index contributed by atoms with van der Waals surface area (Å²) in [5.41, 5.74) is 3.12. The second-order valence-corrected chi connectivity index (χ2v) is 5.84. The number of carboxylic acids is 1. The first kappa shape index (κ1) is 16.3. The number of hydrogen-bond donors (Lipinski definition) is 2. The predicted molar refractivity (Wildman–Crippen MR) is 81.4 cm³/mol. The van der Waals surface area contributed by atoms with E-state index in [1.54, 1.807) is 0 Å². The van der Waals surface area contributed by atoms with Gasteiger partial charge in [-0.15, -0.1) is 0 Å². The standard InChI is InChI=1S/C17H24O3/c1-10(2)14-8-13(7-6-12(5)17(19)20)9-15(11(3)4)16(14)18/h8-11,18H,5-7H2,1-4H3,(H,19,20). The second-order valence-electron chi connectivity index (χ2n) is 5.84. The third kappa shape index (κ3) is 3.86. The van der Waals surface area contributed by atoms with Gasteiger partial charge in [-0.1, -0.05) is 46.4 Å². The van der Waals surface area contributed by atoms with E-state index in [9.17, 15) is 9.90 Å². The van der Waals surface area contributed by atoms with Crippen LogP contribution in [-0.4, -0.2) is 16.2 Å². The Bertz CT molecular complexity index is 484. The summed E-state index contributed by atoms with van der Waals surface area (Å²) in [6.45, 7) is 11.7. The maximum absolute atomic E-state index is 10.8. The Labute approximate surface area is 121 Å². The van der Waals surface area contributed by atoms with Gasteiger partial charge in [0.15, 0.2) is 0 Å². The van der Waals surface area contributed by atoms with E-state index in [4.69, 9.17) is 5.11 Å². The van der Waals surface area contributed by atoms with Gasteiger partial charge in [-0.2, -0.15) is 0 Å². The van der Waals surface area contributed by atoms with E-state index >= 15 is 0 Å². The average molecular weight is 276 g/mol. The van der Waals surface area contributed by atoms with Crippen LogP contribution in [0.3, 0.4) is 0 Å². The molecule has 20 heavy (non-hydrogen) atoms. The van der Waals surface area contributed by atoms with Gasteiger partial charge in [0.2, 0.25) is 0 Å². The van der Waals surface area contributed by atoms with Crippen molar-refractivity contribution in [1.82, 2.24) is 0 Å². The SMILES string of the molecule is C=C(CCc1cc(C(C)C)c(O)c(C(C)C)c1)C(=O)O.